The number of amides is 2. The Kier molecular flexibility index (Phi) is 16.5. The number of hydrogen-bond donors (Lipinski definition) is 8. The minimum absolute atomic E-state index is 0.0709. The quantitative estimate of drug-likeness (QED) is 0.147. The van der Waals surface area contributed by atoms with Crippen LogP contribution in [-0.4, -0.2) is 70.3 Å². The van der Waals surface area contributed by atoms with Gasteiger partial charge in [0.05, 0.1) is 6.04 Å². The van der Waals surface area contributed by atoms with Crippen molar-refractivity contribution < 1.29 is 34.5 Å². The second kappa shape index (κ2) is 18.2. The first-order valence-electron chi connectivity index (χ1n) is 11.5. The van der Waals surface area contributed by atoms with Crippen molar-refractivity contribution in [2.24, 2.45) is 17.2 Å². The van der Waals surface area contributed by atoms with Crippen LogP contribution in [0.15, 0.2) is 24.3 Å². The van der Waals surface area contributed by atoms with Crippen molar-refractivity contribution in [1.29, 1.82) is 0 Å². The van der Waals surface area contributed by atoms with Crippen molar-refractivity contribution in [2.45, 2.75) is 70.0 Å². The molecule has 0 saturated carbocycles. The number of carboxylic acids is 2. The molecule has 0 aromatic heterocycles. The molecule has 0 aliphatic heterocycles. The van der Waals surface area contributed by atoms with Gasteiger partial charge in [-0.15, -0.1) is 0 Å². The second-order valence-corrected chi connectivity index (χ2v) is 8.03. The van der Waals surface area contributed by atoms with E-state index in [1.54, 1.807) is 12.1 Å². The molecule has 3 atom stereocenters. The minimum Gasteiger partial charge on any atom is -0.508 e. The van der Waals surface area contributed by atoms with Gasteiger partial charge in [0.2, 0.25) is 11.8 Å². The Bertz CT molecular complexity index is 785. The van der Waals surface area contributed by atoms with Gasteiger partial charge in [0, 0.05) is 13.3 Å². The fourth-order valence-electron chi connectivity index (χ4n) is 3.02. The maximum atomic E-state index is 12.9. The Hall–Kier alpha value is -3.22. The minimum atomic E-state index is -1.15. The predicted molar refractivity (Wildman–Crippen MR) is 130 cm³/mol. The van der Waals surface area contributed by atoms with E-state index in [-0.39, 0.29) is 18.6 Å². The van der Waals surface area contributed by atoms with Gasteiger partial charge in [-0.25, -0.2) is 4.79 Å². The average molecular weight is 498 g/mol. The molecule has 11 N–H and O–H groups in total. The van der Waals surface area contributed by atoms with Crippen LogP contribution < -0.4 is 27.8 Å². The molecule has 0 aliphatic rings. The molecule has 198 valence electrons. The molecule has 1 aromatic carbocycles. The molecule has 1 rings (SSSR count). The number of phenolic OH excluding ortho intramolecular Hbond substituents is 1. The van der Waals surface area contributed by atoms with Crippen molar-refractivity contribution in [3.05, 3.63) is 29.8 Å². The highest BCUT2D eigenvalue weighted by molar-refractivity contribution is 5.91. The first kappa shape index (κ1) is 31.8. The van der Waals surface area contributed by atoms with Gasteiger partial charge in [0.15, 0.2) is 0 Å². The van der Waals surface area contributed by atoms with E-state index in [9.17, 15) is 24.6 Å². The Labute approximate surface area is 205 Å². The number of nitrogens with two attached hydrogens (primary N) is 3. The number of rotatable bonds is 15. The summed E-state index contributed by atoms with van der Waals surface area (Å²) in [6.07, 6.45) is 3.38. The number of carbonyl (C=O) groups excluding carboxylic acids is 2. The maximum Gasteiger partial charge on any atom is 0.326 e. The van der Waals surface area contributed by atoms with Gasteiger partial charge in [0.25, 0.3) is 5.97 Å². The van der Waals surface area contributed by atoms with Crippen LogP contribution in [-0.2, 0) is 25.6 Å². The second-order valence-electron chi connectivity index (χ2n) is 8.03. The van der Waals surface area contributed by atoms with E-state index in [0.717, 1.165) is 13.3 Å². The van der Waals surface area contributed by atoms with E-state index in [4.69, 9.17) is 27.1 Å². The summed E-state index contributed by atoms with van der Waals surface area (Å²) in [5, 5.41) is 31.4. The fraction of sp³-hybridized carbons (Fsp3) is 0.565. The molecular weight excluding hydrogens is 458 g/mol. The van der Waals surface area contributed by atoms with Gasteiger partial charge in [-0.1, -0.05) is 18.6 Å². The monoisotopic (exact) mass is 497 g/mol. The zero-order valence-electron chi connectivity index (χ0n) is 20.1. The highest BCUT2D eigenvalue weighted by atomic mass is 16.4. The number of nitrogens with one attached hydrogen (secondary N) is 2. The van der Waals surface area contributed by atoms with Gasteiger partial charge in [-0.3, -0.25) is 14.4 Å². The van der Waals surface area contributed by atoms with E-state index in [2.05, 4.69) is 10.6 Å². The van der Waals surface area contributed by atoms with E-state index in [1.165, 1.54) is 12.1 Å². The molecular formula is C23H39N5O7. The highest BCUT2D eigenvalue weighted by Crippen LogP contribution is 2.12. The van der Waals surface area contributed by atoms with Gasteiger partial charge >= 0.3 is 5.97 Å². The van der Waals surface area contributed by atoms with E-state index >= 15 is 0 Å². The van der Waals surface area contributed by atoms with Crippen molar-refractivity contribution >= 4 is 23.8 Å². The number of hydrogen-bond acceptors (Lipinski definition) is 8. The topological polar surface area (TPSA) is 231 Å². The number of aromatic hydroxyl groups is 1. The molecule has 2 amide bonds. The number of phenols is 1. The number of carboxylic acid groups (broad SMARTS) is 2. The smallest absolute Gasteiger partial charge is 0.326 e. The lowest BCUT2D eigenvalue weighted by molar-refractivity contribution is -0.142. The van der Waals surface area contributed by atoms with Gasteiger partial charge in [-0.05, 0) is 62.9 Å². The molecule has 0 heterocycles. The Morgan fingerprint density at radius 3 is 1.80 bits per heavy atom. The lowest BCUT2D eigenvalue weighted by atomic mass is 10.0. The molecule has 35 heavy (non-hydrogen) atoms. The Morgan fingerprint density at radius 2 is 1.31 bits per heavy atom. The summed E-state index contributed by atoms with van der Waals surface area (Å²) in [5.74, 6) is -3.03. The van der Waals surface area contributed by atoms with Crippen LogP contribution in [0.25, 0.3) is 0 Å². The molecule has 0 fully saturated rings. The number of benzene rings is 1. The summed E-state index contributed by atoms with van der Waals surface area (Å²) in [6, 6.07) is 3.28. The average Bonchev–Trinajstić information content (AvgIpc) is 2.78. The molecule has 0 radical (unpaired) electrons. The lowest BCUT2D eigenvalue weighted by Crippen LogP contribution is -2.55. The molecule has 12 heteroatoms. The van der Waals surface area contributed by atoms with Crippen molar-refractivity contribution in [3.8, 4) is 5.75 Å². The molecule has 0 spiro atoms. The predicted octanol–water partition coefficient (Wildman–Crippen LogP) is -0.335. The summed E-state index contributed by atoms with van der Waals surface area (Å²) >= 11 is 0. The van der Waals surface area contributed by atoms with Crippen LogP contribution in [0.5, 0.6) is 5.75 Å². The summed E-state index contributed by atoms with van der Waals surface area (Å²) in [6.45, 7) is 2.02. The van der Waals surface area contributed by atoms with Crippen LogP contribution in [0, 0.1) is 0 Å². The van der Waals surface area contributed by atoms with Crippen molar-refractivity contribution in [2.75, 3.05) is 13.1 Å². The molecule has 0 unspecified atom stereocenters. The van der Waals surface area contributed by atoms with E-state index in [1.807, 2.05) is 0 Å². The first-order valence-corrected chi connectivity index (χ1v) is 11.5. The molecule has 0 saturated heterocycles. The first-order chi connectivity index (χ1) is 16.5. The summed E-state index contributed by atoms with van der Waals surface area (Å²) in [5.41, 5.74) is 17.5. The third-order valence-corrected chi connectivity index (χ3v) is 4.88. The molecule has 0 bridgehead atoms. The zero-order valence-corrected chi connectivity index (χ0v) is 20.1. The summed E-state index contributed by atoms with van der Waals surface area (Å²) < 4.78 is 0. The van der Waals surface area contributed by atoms with Gasteiger partial charge in [0.1, 0.15) is 17.8 Å². The highest BCUT2D eigenvalue weighted by Gasteiger charge is 2.28. The van der Waals surface area contributed by atoms with Crippen molar-refractivity contribution in [1.82, 2.24) is 10.6 Å². The third-order valence-electron chi connectivity index (χ3n) is 4.88. The Balaban J connectivity index is 0.00000267. The van der Waals surface area contributed by atoms with Crippen LogP contribution in [0.2, 0.25) is 0 Å². The number of carbonyl (C=O) groups is 4. The largest absolute Gasteiger partial charge is 0.508 e. The summed E-state index contributed by atoms with van der Waals surface area (Å²) in [7, 11) is 0. The number of aliphatic carboxylic acids is 2. The van der Waals surface area contributed by atoms with Crippen LogP contribution >= 0.6 is 0 Å². The molecule has 12 nitrogen and oxygen atoms in total. The SMILES string of the molecule is CC(=O)O.NCCCC[C@H](NC(=O)[C@H](Cc1ccc(O)cc1)NC(=O)[C@@H](N)CCCCN)C(=O)O. The fourth-order valence-corrected chi connectivity index (χ4v) is 3.02. The maximum absolute atomic E-state index is 12.9. The van der Waals surface area contributed by atoms with Crippen LogP contribution in [0.3, 0.4) is 0 Å². The lowest BCUT2D eigenvalue weighted by Gasteiger charge is -2.23. The van der Waals surface area contributed by atoms with Gasteiger partial charge in [-0.2, -0.15) is 0 Å². The zero-order chi connectivity index (χ0) is 26.8. The summed E-state index contributed by atoms with van der Waals surface area (Å²) in [4.78, 5) is 45.9. The van der Waals surface area contributed by atoms with E-state index in [0.29, 0.717) is 44.3 Å². The van der Waals surface area contributed by atoms with E-state index < -0.39 is 41.9 Å². The van der Waals surface area contributed by atoms with Crippen LogP contribution in [0.1, 0.15) is 51.0 Å². The Morgan fingerprint density at radius 1 is 0.829 bits per heavy atom. The third kappa shape index (κ3) is 15.3. The molecule has 0 aliphatic carbocycles. The standard InChI is InChI=1S/C21H35N5O5.C2H4O2/c22-11-3-1-5-16(24)19(28)26-18(13-14-7-9-15(27)10-8-14)20(29)25-17(21(30)31)6-2-4-12-23;1-2(3)4/h7-10,16-18,27H,1-6,11-13,22-24H2,(H,25,29)(H,26,28)(H,30,31);1H3,(H,3,4)/t16-,17-,18-;/m0./s1. The van der Waals surface area contributed by atoms with Crippen molar-refractivity contribution in [3.63, 3.8) is 0 Å². The van der Waals surface area contributed by atoms with Crippen LogP contribution in [0.4, 0.5) is 0 Å². The normalized spacial score (nSPS) is 12.9. The number of unbranched alkanes of at least 4 members (excludes halogenated alkanes) is 2. The van der Waals surface area contributed by atoms with Gasteiger partial charge < -0.3 is 43.2 Å². The molecule has 1 aromatic rings.